The highest BCUT2D eigenvalue weighted by molar-refractivity contribution is 7.12. The Morgan fingerprint density at radius 2 is 2.07 bits per heavy atom. The highest BCUT2D eigenvalue weighted by Gasteiger charge is 2.14. The lowest BCUT2D eigenvalue weighted by atomic mass is 10.0. The fourth-order valence-corrected chi connectivity index (χ4v) is 2.63. The SMILES string of the molecule is Cc1cc(C(CC(C)C)NN)sc1C. The van der Waals surface area contributed by atoms with E-state index in [1.165, 1.54) is 15.3 Å². The zero-order valence-electron chi connectivity index (χ0n) is 9.42. The Morgan fingerprint density at radius 3 is 2.43 bits per heavy atom. The number of hydrogen-bond acceptors (Lipinski definition) is 3. The van der Waals surface area contributed by atoms with E-state index in [1.807, 2.05) is 11.3 Å². The first-order valence-corrected chi connectivity index (χ1v) is 5.89. The van der Waals surface area contributed by atoms with Gasteiger partial charge in [0.15, 0.2) is 0 Å². The Labute approximate surface area is 90.5 Å². The summed E-state index contributed by atoms with van der Waals surface area (Å²) in [5.74, 6) is 6.23. The third-order valence-electron chi connectivity index (χ3n) is 2.44. The van der Waals surface area contributed by atoms with Crippen LogP contribution in [0, 0.1) is 19.8 Å². The third-order valence-corrected chi connectivity index (χ3v) is 3.70. The second-order valence-corrected chi connectivity index (χ2v) is 5.52. The van der Waals surface area contributed by atoms with Crippen molar-refractivity contribution in [3.8, 4) is 0 Å². The first-order valence-electron chi connectivity index (χ1n) is 5.07. The number of hydrogen-bond donors (Lipinski definition) is 2. The number of aryl methyl sites for hydroxylation is 2. The number of rotatable bonds is 4. The van der Waals surface area contributed by atoms with Crippen molar-refractivity contribution in [2.24, 2.45) is 11.8 Å². The van der Waals surface area contributed by atoms with Crippen LogP contribution in [0.1, 0.15) is 41.6 Å². The van der Waals surface area contributed by atoms with Gasteiger partial charge in [-0.3, -0.25) is 11.3 Å². The van der Waals surface area contributed by atoms with Crippen LogP contribution in [0.2, 0.25) is 0 Å². The van der Waals surface area contributed by atoms with Gasteiger partial charge in [-0.2, -0.15) is 0 Å². The van der Waals surface area contributed by atoms with Gasteiger partial charge in [-0.1, -0.05) is 13.8 Å². The minimum atomic E-state index is 0.312. The maximum Gasteiger partial charge on any atom is 0.0555 e. The molecular formula is C11H20N2S. The first-order chi connectivity index (χ1) is 6.54. The van der Waals surface area contributed by atoms with E-state index >= 15 is 0 Å². The summed E-state index contributed by atoms with van der Waals surface area (Å²) in [6, 6.07) is 2.56. The zero-order chi connectivity index (χ0) is 10.7. The molecule has 0 aliphatic rings. The fraction of sp³-hybridized carbons (Fsp3) is 0.636. The van der Waals surface area contributed by atoms with Crippen molar-refractivity contribution >= 4 is 11.3 Å². The molecule has 0 saturated heterocycles. The predicted molar refractivity (Wildman–Crippen MR) is 63.3 cm³/mol. The van der Waals surface area contributed by atoms with Crippen molar-refractivity contribution in [3.05, 3.63) is 21.4 Å². The summed E-state index contributed by atoms with van der Waals surface area (Å²) in [5, 5.41) is 0. The molecule has 0 amide bonds. The molecule has 0 bridgehead atoms. The summed E-state index contributed by atoms with van der Waals surface area (Å²) >= 11 is 1.85. The van der Waals surface area contributed by atoms with Crippen LogP contribution in [0.4, 0.5) is 0 Å². The lowest BCUT2D eigenvalue weighted by Crippen LogP contribution is -2.28. The average molecular weight is 212 g/mol. The molecule has 1 rings (SSSR count). The van der Waals surface area contributed by atoms with Crippen LogP contribution in [-0.4, -0.2) is 0 Å². The topological polar surface area (TPSA) is 38.0 Å². The molecule has 0 aliphatic carbocycles. The molecule has 0 aromatic carbocycles. The Kier molecular flexibility index (Phi) is 4.11. The molecule has 0 aliphatic heterocycles. The van der Waals surface area contributed by atoms with Gasteiger partial charge in [0.05, 0.1) is 6.04 Å². The molecule has 1 aromatic heterocycles. The van der Waals surface area contributed by atoms with Crippen LogP contribution in [0.5, 0.6) is 0 Å². The Bertz CT molecular complexity index is 272. The molecule has 0 radical (unpaired) electrons. The Balaban J connectivity index is 2.78. The van der Waals surface area contributed by atoms with Gasteiger partial charge in [-0.05, 0) is 37.8 Å². The lowest BCUT2D eigenvalue weighted by Gasteiger charge is -2.16. The van der Waals surface area contributed by atoms with E-state index < -0.39 is 0 Å². The van der Waals surface area contributed by atoms with Crippen LogP contribution in [0.3, 0.4) is 0 Å². The second kappa shape index (κ2) is 4.91. The fourth-order valence-electron chi connectivity index (χ4n) is 1.51. The van der Waals surface area contributed by atoms with E-state index in [4.69, 9.17) is 5.84 Å². The standard InChI is InChI=1S/C11H20N2S/c1-7(2)5-10(13-12)11-6-8(3)9(4)14-11/h6-7,10,13H,5,12H2,1-4H3. The third kappa shape index (κ3) is 2.80. The number of thiophene rings is 1. The maximum atomic E-state index is 5.57. The van der Waals surface area contributed by atoms with Crippen LogP contribution in [0.25, 0.3) is 0 Å². The van der Waals surface area contributed by atoms with Crippen LogP contribution < -0.4 is 11.3 Å². The normalized spacial score (nSPS) is 13.6. The monoisotopic (exact) mass is 212 g/mol. The van der Waals surface area contributed by atoms with E-state index in [9.17, 15) is 0 Å². The molecule has 1 heterocycles. The molecular weight excluding hydrogens is 192 g/mol. The quantitative estimate of drug-likeness (QED) is 0.595. The van der Waals surface area contributed by atoms with Crippen molar-refractivity contribution in [1.29, 1.82) is 0 Å². The van der Waals surface area contributed by atoms with Crippen LogP contribution in [0.15, 0.2) is 6.07 Å². The van der Waals surface area contributed by atoms with Crippen molar-refractivity contribution in [1.82, 2.24) is 5.43 Å². The van der Waals surface area contributed by atoms with Gasteiger partial charge in [-0.25, -0.2) is 0 Å². The smallest absolute Gasteiger partial charge is 0.0555 e. The Morgan fingerprint density at radius 1 is 1.43 bits per heavy atom. The van der Waals surface area contributed by atoms with Gasteiger partial charge >= 0.3 is 0 Å². The molecule has 0 fully saturated rings. The van der Waals surface area contributed by atoms with Gasteiger partial charge in [0.1, 0.15) is 0 Å². The second-order valence-electron chi connectivity index (χ2n) is 4.24. The van der Waals surface area contributed by atoms with Gasteiger partial charge in [0.25, 0.3) is 0 Å². The average Bonchev–Trinajstić information content (AvgIpc) is 2.42. The highest BCUT2D eigenvalue weighted by atomic mass is 32.1. The minimum Gasteiger partial charge on any atom is -0.271 e. The first kappa shape index (κ1) is 11.7. The molecule has 2 nitrogen and oxygen atoms in total. The number of nitrogens with one attached hydrogen (secondary N) is 1. The molecule has 3 heteroatoms. The van der Waals surface area contributed by atoms with Crippen molar-refractivity contribution in [2.75, 3.05) is 0 Å². The summed E-state index contributed by atoms with van der Waals surface area (Å²) < 4.78 is 0. The summed E-state index contributed by atoms with van der Waals surface area (Å²) in [6.07, 6.45) is 1.09. The predicted octanol–water partition coefficient (Wildman–Crippen LogP) is 2.92. The van der Waals surface area contributed by atoms with Crippen molar-refractivity contribution in [3.63, 3.8) is 0 Å². The maximum absolute atomic E-state index is 5.57. The lowest BCUT2D eigenvalue weighted by molar-refractivity contribution is 0.443. The summed E-state index contributed by atoms with van der Waals surface area (Å²) in [5.41, 5.74) is 4.27. The van der Waals surface area contributed by atoms with Gasteiger partial charge in [0, 0.05) is 9.75 Å². The summed E-state index contributed by atoms with van der Waals surface area (Å²) in [6.45, 7) is 8.75. The van der Waals surface area contributed by atoms with E-state index in [-0.39, 0.29) is 0 Å². The molecule has 1 atom stereocenters. The van der Waals surface area contributed by atoms with Gasteiger partial charge in [-0.15, -0.1) is 11.3 Å². The van der Waals surface area contributed by atoms with E-state index in [0.29, 0.717) is 12.0 Å². The van der Waals surface area contributed by atoms with E-state index in [1.54, 1.807) is 0 Å². The number of nitrogens with two attached hydrogens (primary N) is 1. The molecule has 0 saturated carbocycles. The molecule has 1 aromatic rings. The molecule has 3 N–H and O–H groups in total. The van der Waals surface area contributed by atoms with Gasteiger partial charge < -0.3 is 0 Å². The number of hydrazine groups is 1. The van der Waals surface area contributed by atoms with Crippen molar-refractivity contribution in [2.45, 2.75) is 40.2 Å². The van der Waals surface area contributed by atoms with Crippen molar-refractivity contribution < 1.29 is 0 Å². The molecule has 80 valence electrons. The Hall–Kier alpha value is -0.380. The summed E-state index contributed by atoms with van der Waals surface area (Å²) in [7, 11) is 0. The van der Waals surface area contributed by atoms with Gasteiger partial charge in [0.2, 0.25) is 0 Å². The minimum absolute atomic E-state index is 0.312. The van der Waals surface area contributed by atoms with E-state index in [2.05, 4.69) is 39.2 Å². The molecule has 14 heavy (non-hydrogen) atoms. The van der Waals surface area contributed by atoms with E-state index in [0.717, 1.165) is 6.42 Å². The largest absolute Gasteiger partial charge is 0.271 e. The molecule has 1 unspecified atom stereocenters. The summed E-state index contributed by atoms with van der Waals surface area (Å²) in [4.78, 5) is 2.75. The zero-order valence-corrected chi connectivity index (χ0v) is 10.2. The van der Waals surface area contributed by atoms with Crippen LogP contribution in [-0.2, 0) is 0 Å². The molecule has 0 spiro atoms. The highest BCUT2D eigenvalue weighted by Crippen LogP contribution is 2.29. The van der Waals surface area contributed by atoms with Crippen LogP contribution >= 0.6 is 11.3 Å².